The highest BCUT2D eigenvalue weighted by atomic mass is 16.5. The van der Waals surface area contributed by atoms with Crippen molar-refractivity contribution in [3.8, 4) is 0 Å². The van der Waals surface area contributed by atoms with E-state index < -0.39 is 24.5 Å². The molecule has 0 radical (unpaired) electrons. The Labute approximate surface area is 283 Å². The molecule has 266 valence electrons. The van der Waals surface area contributed by atoms with Gasteiger partial charge in [-0.2, -0.15) is 0 Å². The molecule has 47 heavy (non-hydrogen) atoms. The van der Waals surface area contributed by atoms with Gasteiger partial charge in [0.2, 0.25) is 11.8 Å². The monoisotopic (exact) mass is 658 g/mol. The van der Waals surface area contributed by atoms with Gasteiger partial charge in [0.25, 0.3) is 0 Å². The number of aliphatic carboxylic acids is 1. The van der Waals surface area contributed by atoms with Crippen LogP contribution in [-0.2, 0) is 23.9 Å². The molecule has 9 heteroatoms. The number of carbonyl (C=O) groups is 4. The van der Waals surface area contributed by atoms with E-state index in [1.807, 2.05) is 0 Å². The third-order valence-electron chi connectivity index (χ3n) is 7.28. The van der Waals surface area contributed by atoms with Crippen LogP contribution >= 0.6 is 0 Å². The van der Waals surface area contributed by atoms with Gasteiger partial charge in [0.1, 0.15) is 12.1 Å². The number of nitrogens with one attached hydrogen (secondary N) is 2. The first-order valence-electron chi connectivity index (χ1n) is 17.7. The van der Waals surface area contributed by atoms with E-state index in [0.29, 0.717) is 12.8 Å². The number of rotatable bonds is 30. The van der Waals surface area contributed by atoms with Crippen LogP contribution < -0.4 is 10.6 Å². The molecule has 0 aliphatic heterocycles. The number of esters is 1. The normalized spacial score (nSPS) is 13.3. The van der Waals surface area contributed by atoms with Gasteiger partial charge in [-0.3, -0.25) is 14.4 Å². The summed E-state index contributed by atoms with van der Waals surface area (Å²) in [5.41, 5.74) is 0. The average Bonchev–Trinajstić information content (AvgIpc) is 3.05. The summed E-state index contributed by atoms with van der Waals surface area (Å²) in [7, 11) is 0. The van der Waals surface area contributed by atoms with Crippen LogP contribution in [0.3, 0.4) is 0 Å². The Hall–Kier alpha value is -3.46. The van der Waals surface area contributed by atoms with Gasteiger partial charge >= 0.3 is 11.9 Å². The highest BCUT2D eigenvalue weighted by Crippen LogP contribution is 2.16. The van der Waals surface area contributed by atoms with Crippen molar-refractivity contribution in [2.75, 3.05) is 13.2 Å². The van der Waals surface area contributed by atoms with Crippen LogP contribution in [0.2, 0.25) is 0 Å². The van der Waals surface area contributed by atoms with E-state index in [9.17, 15) is 19.2 Å². The highest BCUT2D eigenvalue weighted by Gasteiger charge is 2.19. The predicted octanol–water partition coefficient (Wildman–Crippen LogP) is 7.42. The minimum Gasteiger partial charge on any atom is -0.480 e. The van der Waals surface area contributed by atoms with Crippen LogP contribution in [0.4, 0.5) is 0 Å². The van der Waals surface area contributed by atoms with Gasteiger partial charge in [0.15, 0.2) is 0 Å². The van der Waals surface area contributed by atoms with Crippen LogP contribution in [0.25, 0.3) is 0 Å². The van der Waals surface area contributed by atoms with Crippen LogP contribution in [0, 0.1) is 0 Å². The van der Waals surface area contributed by atoms with Gasteiger partial charge in [-0.25, -0.2) is 4.79 Å². The Morgan fingerprint density at radius 2 is 1.21 bits per heavy atom. The quantitative estimate of drug-likeness (QED) is 0.0357. The zero-order valence-corrected chi connectivity index (χ0v) is 29.0. The fourth-order valence-electron chi connectivity index (χ4n) is 4.55. The number of aliphatic hydroxyl groups excluding tert-OH is 1. The zero-order valence-electron chi connectivity index (χ0n) is 29.0. The number of allylic oxidation sites excluding steroid dienone is 10. The average molecular weight is 659 g/mol. The summed E-state index contributed by atoms with van der Waals surface area (Å²) in [4.78, 5) is 47.0. The van der Waals surface area contributed by atoms with Crippen molar-refractivity contribution in [2.24, 2.45) is 0 Å². The first kappa shape index (κ1) is 43.5. The van der Waals surface area contributed by atoms with Crippen LogP contribution in [0.5, 0.6) is 0 Å². The molecule has 2 atom stereocenters. The van der Waals surface area contributed by atoms with E-state index in [1.54, 1.807) is 0 Å². The van der Waals surface area contributed by atoms with E-state index in [-0.39, 0.29) is 30.9 Å². The number of carboxylic acids is 1. The van der Waals surface area contributed by atoms with Crippen molar-refractivity contribution in [3.63, 3.8) is 0 Å². The molecular weight excluding hydrogens is 596 g/mol. The molecule has 0 heterocycles. The molecule has 2 unspecified atom stereocenters. The van der Waals surface area contributed by atoms with Gasteiger partial charge in [-0.05, 0) is 77.0 Å². The fraction of sp³-hybridized carbons (Fsp3) is 0.632. The molecule has 0 aromatic heterocycles. The first-order valence-corrected chi connectivity index (χ1v) is 17.7. The van der Waals surface area contributed by atoms with Gasteiger partial charge < -0.3 is 25.6 Å². The SMILES string of the molecule is CC/C=C\C/C=C\C/C=C\C/C=C\C/C=C\CCCCCC(=O)OC(CCCC)CCCCCC(=O)NCC(=O)NC(CO)C(=O)O. The lowest BCUT2D eigenvalue weighted by Gasteiger charge is -2.18. The Kier molecular flexibility index (Phi) is 30.1. The number of ether oxygens (including phenoxy) is 1. The molecule has 4 N–H and O–H groups in total. The number of carbonyl (C=O) groups excluding carboxylic acids is 3. The molecule has 0 aromatic carbocycles. The first-order chi connectivity index (χ1) is 22.8. The van der Waals surface area contributed by atoms with Gasteiger partial charge in [0, 0.05) is 12.8 Å². The molecule has 0 spiro atoms. The van der Waals surface area contributed by atoms with Crippen molar-refractivity contribution in [1.82, 2.24) is 10.6 Å². The molecule has 0 aliphatic carbocycles. The Morgan fingerprint density at radius 1 is 0.660 bits per heavy atom. The standard InChI is InChI=1S/C38H62N2O7/c1-3-5-7-8-9-10-11-12-13-14-15-16-17-18-19-20-21-22-26-30-37(44)47-33(27-6-4-2)28-24-23-25-29-35(42)39-31-36(43)40-34(32-41)38(45)46/h5,7,9-10,12-13,15-16,18-19,33-34,41H,3-4,6,8,11,14,17,20-32H2,1-2H3,(H,39,42)(H,40,43)(H,45,46)/b7-5-,10-9-,13-12-,16-15-,19-18-. The predicted molar refractivity (Wildman–Crippen MR) is 190 cm³/mol. The van der Waals surface area contributed by atoms with Gasteiger partial charge in [-0.1, -0.05) is 100 Å². The van der Waals surface area contributed by atoms with Crippen molar-refractivity contribution >= 4 is 23.8 Å². The van der Waals surface area contributed by atoms with Crippen LogP contribution in [-0.4, -0.2) is 59.3 Å². The summed E-state index contributed by atoms with van der Waals surface area (Å²) in [6, 6.07) is -1.39. The lowest BCUT2D eigenvalue weighted by molar-refractivity contribution is -0.150. The summed E-state index contributed by atoms with van der Waals surface area (Å²) < 4.78 is 5.79. The molecule has 9 nitrogen and oxygen atoms in total. The molecule has 0 saturated carbocycles. The topological polar surface area (TPSA) is 142 Å². The van der Waals surface area contributed by atoms with Crippen molar-refractivity contribution in [3.05, 3.63) is 60.8 Å². The third-order valence-corrected chi connectivity index (χ3v) is 7.28. The third kappa shape index (κ3) is 29.7. The highest BCUT2D eigenvalue weighted by molar-refractivity contribution is 5.87. The summed E-state index contributed by atoms with van der Waals surface area (Å²) >= 11 is 0. The van der Waals surface area contributed by atoms with Gasteiger partial charge in [0.05, 0.1) is 13.2 Å². The minimum atomic E-state index is -1.39. The summed E-state index contributed by atoms with van der Waals surface area (Å²) in [5.74, 6) is -2.45. The molecule has 2 amide bonds. The smallest absolute Gasteiger partial charge is 0.328 e. The van der Waals surface area contributed by atoms with Crippen molar-refractivity contribution in [2.45, 2.75) is 142 Å². The maximum atomic E-state index is 12.4. The van der Waals surface area contributed by atoms with Crippen LogP contribution in [0.1, 0.15) is 129 Å². The van der Waals surface area contributed by atoms with E-state index in [2.05, 4.69) is 85.2 Å². The van der Waals surface area contributed by atoms with E-state index in [1.165, 1.54) is 0 Å². The van der Waals surface area contributed by atoms with Crippen molar-refractivity contribution in [1.29, 1.82) is 0 Å². The van der Waals surface area contributed by atoms with Crippen LogP contribution in [0.15, 0.2) is 60.8 Å². The molecule has 0 aromatic rings. The lowest BCUT2D eigenvalue weighted by atomic mass is 10.0. The maximum Gasteiger partial charge on any atom is 0.328 e. The molecule has 0 rings (SSSR count). The zero-order chi connectivity index (χ0) is 34.8. The summed E-state index contributed by atoms with van der Waals surface area (Å²) in [5, 5.41) is 22.4. The second-order valence-corrected chi connectivity index (χ2v) is 11.6. The lowest BCUT2D eigenvalue weighted by Crippen LogP contribution is -2.47. The molecule has 0 fully saturated rings. The maximum absolute atomic E-state index is 12.4. The second-order valence-electron chi connectivity index (χ2n) is 11.6. The number of carboxylic acid groups (broad SMARTS) is 1. The number of aliphatic hydroxyl groups is 1. The van der Waals surface area contributed by atoms with E-state index in [4.69, 9.17) is 14.9 Å². The van der Waals surface area contributed by atoms with Crippen molar-refractivity contribution < 1.29 is 34.1 Å². The Balaban J connectivity index is 3.98. The minimum absolute atomic E-state index is 0.102. The Bertz CT molecular complexity index is 985. The number of hydrogen-bond donors (Lipinski definition) is 4. The Morgan fingerprint density at radius 3 is 1.79 bits per heavy atom. The summed E-state index contributed by atoms with van der Waals surface area (Å²) in [6.45, 7) is 3.18. The van der Waals surface area contributed by atoms with E-state index >= 15 is 0 Å². The van der Waals surface area contributed by atoms with Gasteiger partial charge in [-0.15, -0.1) is 0 Å². The number of hydrogen-bond acceptors (Lipinski definition) is 6. The summed E-state index contributed by atoms with van der Waals surface area (Å²) in [6.07, 6.45) is 37.3. The fourth-order valence-corrected chi connectivity index (χ4v) is 4.55. The van der Waals surface area contributed by atoms with E-state index in [0.717, 1.165) is 96.3 Å². The number of unbranched alkanes of at least 4 members (excludes halogenated alkanes) is 6. The molecule has 0 saturated heterocycles. The second kappa shape index (κ2) is 32.5. The molecule has 0 aliphatic rings. The number of amides is 2. The largest absolute Gasteiger partial charge is 0.480 e. The molecular formula is C38H62N2O7. The molecule has 0 bridgehead atoms.